The molecule has 0 aromatic heterocycles. The molecule has 0 saturated carbocycles. The molecule has 1 amide bonds. The number of fused-ring (bicyclic) bond motifs is 1. The van der Waals surface area contributed by atoms with E-state index in [1.165, 1.54) is 18.0 Å². The fourth-order valence-corrected chi connectivity index (χ4v) is 1.46. The summed E-state index contributed by atoms with van der Waals surface area (Å²) in [6.45, 7) is 0.520. The molecule has 2 N–H and O–H groups in total. The van der Waals surface area contributed by atoms with Crippen molar-refractivity contribution in [3.8, 4) is 0 Å². The van der Waals surface area contributed by atoms with Gasteiger partial charge in [0.1, 0.15) is 5.82 Å². The molecule has 1 aromatic rings. The highest BCUT2D eigenvalue weighted by Crippen LogP contribution is 2.23. The molecule has 76 valence electrons. The number of amides is 1. The van der Waals surface area contributed by atoms with Gasteiger partial charge >= 0.3 is 0 Å². The Morgan fingerprint density at radius 1 is 1.43 bits per heavy atom. The predicted molar refractivity (Wildman–Crippen MR) is 52.3 cm³/mol. The second kappa shape index (κ2) is 4.19. The third-order valence-electron chi connectivity index (χ3n) is 2.07. The maximum absolute atomic E-state index is 13.1. The predicted octanol–water partition coefficient (Wildman–Crippen LogP) is 0.986. The van der Waals surface area contributed by atoms with E-state index in [-0.39, 0.29) is 11.5 Å². The number of benzene rings is 1. The summed E-state index contributed by atoms with van der Waals surface area (Å²) in [7, 11) is 3.17. The molecule has 0 fully saturated rings. The molecule has 1 aromatic carbocycles. The fraction of sp³-hybridized carbons (Fsp3) is 0.300. The number of hydrogen-bond donors (Lipinski definition) is 1. The Morgan fingerprint density at radius 3 is 2.64 bits per heavy atom. The number of rotatable bonds is 0. The lowest BCUT2D eigenvalue weighted by Crippen LogP contribution is -2.18. The van der Waals surface area contributed by atoms with Gasteiger partial charge in [-0.15, -0.1) is 0 Å². The molecular weight excluding hydrogens is 183 g/mol. The van der Waals surface area contributed by atoms with E-state index in [1.807, 2.05) is 0 Å². The van der Waals surface area contributed by atoms with Gasteiger partial charge in [-0.3, -0.25) is 4.79 Å². The number of nitrogens with two attached hydrogens (primary N) is 1. The third kappa shape index (κ3) is 1.61. The van der Waals surface area contributed by atoms with Gasteiger partial charge in [0.25, 0.3) is 5.91 Å². The highest BCUT2D eigenvalue weighted by Gasteiger charge is 2.26. The second-order valence-electron chi connectivity index (χ2n) is 2.94. The summed E-state index contributed by atoms with van der Waals surface area (Å²) in [5.41, 5.74) is 5.52. The van der Waals surface area contributed by atoms with Crippen LogP contribution in [0.4, 0.5) is 4.39 Å². The van der Waals surface area contributed by atoms with E-state index in [9.17, 15) is 9.18 Å². The van der Waals surface area contributed by atoms with Crippen LogP contribution in [0.2, 0.25) is 0 Å². The summed E-state index contributed by atoms with van der Waals surface area (Å²) in [5, 5.41) is 0. The molecule has 0 aliphatic carbocycles. The highest BCUT2D eigenvalue weighted by atomic mass is 19.1. The van der Waals surface area contributed by atoms with E-state index in [0.717, 1.165) is 5.56 Å². The summed E-state index contributed by atoms with van der Waals surface area (Å²) < 4.78 is 13.1. The van der Waals surface area contributed by atoms with Gasteiger partial charge in [0.05, 0.1) is 5.56 Å². The summed E-state index contributed by atoms with van der Waals surface area (Å²) in [5.74, 6) is -0.634. The second-order valence-corrected chi connectivity index (χ2v) is 2.94. The topological polar surface area (TPSA) is 46.3 Å². The first kappa shape index (κ1) is 10.7. The van der Waals surface area contributed by atoms with Crippen LogP contribution in [-0.2, 0) is 6.54 Å². The zero-order valence-electron chi connectivity index (χ0n) is 8.25. The summed E-state index contributed by atoms with van der Waals surface area (Å²) in [6, 6.07) is 4.72. The van der Waals surface area contributed by atoms with Crippen LogP contribution in [0.3, 0.4) is 0 Å². The molecule has 0 saturated heterocycles. The van der Waals surface area contributed by atoms with Gasteiger partial charge in [-0.05, 0) is 18.7 Å². The van der Waals surface area contributed by atoms with Crippen molar-refractivity contribution in [2.45, 2.75) is 6.54 Å². The van der Waals surface area contributed by atoms with E-state index in [0.29, 0.717) is 6.54 Å². The minimum Gasteiger partial charge on any atom is -0.337 e. The van der Waals surface area contributed by atoms with Crippen LogP contribution in [0.1, 0.15) is 15.9 Å². The lowest BCUT2D eigenvalue weighted by Gasteiger charge is -2.04. The Bertz CT molecular complexity index is 352. The molecule has 0 radical (unpaired) electrons. The highest BCUT2D eigenvalue weighted by molar-refractivity contribution is 5.98. The summed E-state index contributed by atoms with van der Waals surface area (Å²) in [4.78, 5) is 12.8. The molecule has 0 atom stereocenters. The molecule has 4 heteroatoms. The quantitative estimate of drug-likeness (QED) is 0.672. The van der Waals surface area contributed by atoms with Crippen molar-refractivity contribution in [3.63, 3.8) is 0 Å². The van der Waals surface area contributed by atoms with E-state index in [4.69, 9.17) is 0 Å². The van der Waals surface area contributed by atoms with Crippen molar-refractivity contribution in [2.75, 3.05) is 14.1 Å². The minimum atomic E-state index is -0.415. The van der Waals surface area contributed by atoms with Crippen LogP contribution in [0.5, 0.6) is 0 Å². The van der Waals surface area contributed by atoms with E-state index in [1.54, 1.807) is 19.2 Å². The van der Waals surface area contributed by atoms with Crippen molar-refractivity contribution >= 4 is 5.91 Å². The Hall–Kier alpha value is -1.42. The first-order chi connectivity index (χ1) is 6.70. The van der Waals surface area contributed by atoms with Crippen LogP contribution in [0.25, 0.3) is 0 Å². The molecule has 1 aliphatic heterocycles. The number of carbonyl (C=O) groups excluding carboxylic acids is 1. The smallest absolute Gasteiger partial charge is 0.257 e. The van der Waals surface area contributed by atoms with Gasteiger partial charge < -0.3 is 10.6 Å². The van der Waals surface area contributed by atoms with Crippen molar-refractivity contribution in [3.05, 3.63) is 35.1 Å². The third-order valence-corrected chi connectivity index (χ3v) is 2.07. The number of nitrogens with zero attached hydrogens (tertiary/aromatic N) is 1. The SMILES string of the molecule is CN.CN1Cc2cccc(F)c2C1=O. The summed E-state index contributed by atoms with van der Waals surface area (Å²) in [6.07, 6.45) is 0. The zero-order valence-corrected chi connectivity index (χ0v) is 8.25. The molecule has 0 spiro atoms. The van der Waals surface area contributed by atoms with Gasteiger partial charge in [0, 0.05) is 13.6 Å². The van der Waals surface area contributed by atoms with Crippen molar-refractivity contribution in [1.82, 2.24) is 4.90 Å². The van der Waals surface area contributed by atoms with Gasteiger partial charge in [0.15, 0.2) is 0 Å². The van der Waals surface area contributed by atoms with E-state index in [2.05, 4.69) is 5.73 Å². The molecule has 14 heavy (non-hydrogen) atoms. The number of carbonyl (C=O) groups is 1. The van der Waals surface area contributed by atoms with Crippen LogP contribution < -0.4 is 5.73 Å². The molecule has 1 aliphatic rings. The first-order valence-electron chi connectivity index (χ1n) is 4.31. The van der Waals surface area contributed by atoms with Crippen LogP contribution in [0, 0.1) is 5.82 Å². The molecule has 3 nitrogen and oxygen atoms in total. The first-order valence-corrected chi connectivity index (χ1v) is 4.31. The van der Waals surface area contributed by atoms with Gasteiger partial charge in [-0.1, -0.05) is 12.1 Å². The standard InChI is InChI=1S/C9H8FNO.CH5N/c1-11-5-6-3-2-4-7(10)8(6)9(11)12;1-2/h2-4H,5H2,1H3;2H2,1H3. The van der Waals surface area contributed by atoms with E-state index >= 15 is 0 Å². The lowest BCUT2D eigenvalue weighted by atomic mass is 10.1. The average molecular weight is 196 g/mol. The van der Waals surface area contributed by atoms with Crippen molar-refractivity contribution < 1.29 is 9.18 Å². The normalized spacial score (nSPS) is 13.4. The van der Waals surface area contributed by atoms with E-state index < -0.39 is 5.82 Å². The molecule has 2 rings (SSSR count). The monoisotopic (exact) mass is 196 g/mol. The molecule has 0 bridgehead atoms. The zero-order chi connectivity index (χ0) is 10.7. The van der Waals surface area contributed by atoms with Gasteiger partial charge in [-0.25, -0.2) is 4.39 Å². The van der Waals surface area contributed by atoms with Crippen molar-refractivity contribution in [1.29, 1.82) is 0 Å². The molecule has 1 heterocycles. The Labute approximate surface area is 82.3 Å². The maximum Gasteiger partial charge on any atom is 0.257 e. The van der Waals surface area contributed by atoms with Gasteiger partial charge in [-0.2, -0.15) is 0 Å². The fourth-order valence-electron chi connectivity index (χ4n) is 1.46. The van der Waals surface area contributed by atoms with Gasteiger partial charge in [0.2, 0.25) is 0 Å². The van der Waals surface area contributed by atoms with Crippen LogP contribution in [-0.4, -0.2) is 24.9 Å². The Morgan fingerprint density at radius 2 is 2.07 bits per heavy atom. The number of halogens is 1. The Balaban J connectivity index is 0.000000461. The molecule has 0 unspecified atom stereocenters. The average Bonchev–Trinajstić information content (AvgIpc) is 2.47. The maximum atomic E-state index is 13.1. The molecular formula is C10H13FN2O. The minimum absolute atomic E-state index is 0.219. The van der Waals surface area contributed by atoms with Crippen LogP contribution in [0.15, 0.2) is 18.2 Å². The lowest BCUT2D eigenvalue weighted by molar-refractivity contribution is 0.0813. The largest absolute Gasteiger partial charge is 0.337 e. The summed E-state index contributed by atoms with van der Waals surface area (Å²) >= 11 is 0. The number of hydrogen-bond acceptors (Lipinski definition) is 2. The van der Waals surface area contributed by atoms with Crippen LogP contribution >= 0.6 is 0 Å². The Kier molecular flexibility index (Phi) is 3.19. The van der Waals surface area contributed by atoms with Crippen molar-refractivity contribution in [2.24, 2.45) is 5.73 Å².